The predicted octanol–water partition coefficient (Wildman–Crippen LogP) is 3.24. The van der Waals surface area contributed by atoms with Crippen molar-refractivity contribution in [1.82, 2.24) is 29.5 Å². The Kier molecular flexibility index (Phi) is 4.36. The molecule has 4 aromatic heterocycles. The van der Waals surface area contributed by atoms with Crippen molar-refractivity contribution in [2.75, 3.05) is 26.3 Å². The number of aromatic amines is 1. The molecular formula is C20H22N6O2S. The molecule has 0 aromatic carbocycles. The highest BCUT2D eigenvalue weighted by atomic mass is 32.1. The van der Waals surface area contributed by atoms with Gasteiger partial charge in [0, 0.05) is 30.4 Å². The standard InChI is InChI=1S/C20H22N6O2S/c1-11(2)14-15(13-8-12(3)17-21-10-22-26(17)9-13)23-18-16(14)24-19(29-18)20(27)25-4-6-28-7-5-25/h8-11,23H,4-7H2,1-3H3. The molecule has 0 unspecified atom stereocenters. The first kappa shape index (κ1) is 18.3. The third-order valence-electron chi connectivity index (χ3n) is 5.30. The molecule has 1 fully saturated rings. The zero-order chi connectivity index (χ0) is 20.1. The van der Waals surface area contributed by atoms with Crippen LogP contribution in [0.5, 0.6) is 0 Å². The molecule has 5 heterocycles. The van der Waals surface area contributed by atoms with Crippen molar-refractivity contribution in [3.8, 4) is 11.3 Å². The van der Waals surface area contributed by atoms with Gasteiger partial charge in [0.15, 0.2) is 10.7 Å². The number of carbonyl (C=O) groups excluding carboxylic acids is 1. The third kappa shape index (κ3) is 3.01. The van der Waals surface area contributed by atoms with Gasteiger partial charge >= 0.3 is 0 Å². The van der Waals surface area contributed by atoms with E-state index in [9.17, 15) is 4.79 Å². The van der Waals surface area contributed by atoms with Gasteiger partial charge in [-0.05, 0) is 24.5 Å². The molecule has 150 valence electrons. The van der Waals surface area contributed by atoms with E-state index in [0.717, 1.165) is 38.4 Å². The summed E-state index contributed by atoms with van der Waals surface area (Å²) in [6.07, 6.45) is 3.55. The largest absolute Gasteiger partial charge is 0.378 e. The Hall–Kier alpha value is -2.78. The fourth-order valence-corrected chi connectivity index (χ4v) is 4.85. The predicted molar refractivity (Wildman–Crippen MR) is 112 cm³/mol. The Morgan fingerprint density at radius 1 is 1.31 bits per heavy atom. The van der Waals surface area contributed by atoms with Gasteiger partial charge in [0.1, 0.15) is 16.7 Å². The number of morpholine rings is 1. The number of nitrogens with one attached hydrogen (secondary N) is 1. The number of aryl methyl sites for hydroxylation is 1. The molecule has 4 aromatic rings. The van der Waals surface area contributed by atoms with Crippen LogP contribution in [0.2, 0.25) is 0 Å². The fraction of sp³-hybridized carbons (Fsp3) is 0.400. The van der Waals surface area contributed by atoms with Crippen molar-refractivity contribution in [2.45, 2.75) is 26.7 Å². The molecule has 29 heavy (non-hydrogen) atoms. The van der Waals surface area contributed by atoms with Gasteiger partial charge in [-0.2, -0.15) is 5.10 Å². The minimum absolute atomic E-state index is 0.0148. The number of hydrogen-bond acceptors (Lipinski definition) is 6. The summed E-state index contributed by atoms with van der Waals surface area (Å²) < 4.78 is 7.15. The van der Waals surface area contributed by atoms with Crippen molar-refractivity contribution in [3.63, 3.8) is 0 Å². The molecule has 5 rings (SSSR count). The highest BCUT2D eigenvalue weighted by Crippen LogP contribution is 2.38. The Morgan fingerprint density at radius 2 is 2.10 bits per heavy atom. The first-order chi connectivity index (χ1) is 14.0. The van der Waals surface area contributed by atoms with Crippen LogP contribution in [0.4, 0.5) is 0 Å². The van der Waals surface area contributed by atoms with Gasteiger partial charge in [-0.15, -0.1) is 0 Å². The molecule has 1 aliphatic heterocycles. The molecule has 1 amide bonds. The van der Waals surface area contributed by atoms with Crippen LogP contribution >= 0.6 is 11.3 Å². The average Bonchev–Trinajstić information content (AvgIpc) is 3.41. The van der Waals surface area contributed by atoms with Crippen LogP contribution in [0.1, 0.15) is 40.7 Å². The lowest BCUT2D eigenvalue weighted by molar-refractivity contribution is 0.0303. The van der Waals surface area contributed by atoms with Crippen molar-refractivity contribution in [2.24, 2.45) is 0 Å². The second-order valence-electron chi connectivity index (χ2n) is 7.61. The first-order valence-electron chi connectivity index (χ1n) is 9.72. The van der Waals surface area contributed by atoms with Gasteiger partial charge in [-0.25, -0.2) is 14.5 Å². The van der Waals surface area contributed by atoms with Crippen molar-refractivity contribution >= 4 is 33.2 Å². The number of pyridine rings is 1. The van der Waals surface area contributed by atoms with Gasteiger partial charge in [0.25, 0.3) is 5.91 Å². The van der Waals surface area contributed by atoms with E-state index in [2.05, 4.69) is 35.0 Å². The summed E-state index contributed by atoms with van der Waals surface area (Å²) in [6, 6.07) is 2.12. The second-order valence-corrected chi connectivity index (χ2v) is 8.61. The van der Waals surface area contributed by atoms with Crippen LogP contribution in [0.3, 0.4) is 0 Å². The number of hydrogen-bond donors (Lipinski definition) is 1. The number of ether oxygens (including phenoxy) is 1. The van der Waals surface area contributed by atoms with Crippen LogP contribution in [0.15, 0.2) is 18.6 Å². The molecule has 1 N–H and O–H groups in total. The lowest BCUT2D eigenvalue weighted by atomic mass is 9.99. The van der Waals surface area contributed by atoms with E-state index in [0.29, 0.717) is 31.3 Å². The maximum Gasteiger partial charge on any atom is 0.283 e. The maximum absolute atomic E-state index is 12.9. The van der Waals surface area contributed by atoms with Crippen LogP contribution < -0.4 is 0 Å². The number of carbonyl (C=O) groups is 1. The lowest BCUT2D eigenvalue weighted by Gasteiger charge is -2.25. The number of thiazole rings is 1. The number of aromatic nitrogens is 5. The summed E-state index contributed by atoms with van der Waals surface area (Å²) in [5.41, 5.74) is 5.98. The zero-order valence-electron chi connectivity index (χ0n) is 16.6. The van der Waals surface area contributed by atoms with Gasteiger partial charge in [-0.3, -0.25) is 4.79 Å². The molecule has 0 saturated carbocycles. The Bertz CT molecular complexity index is 1210. The van der Waals surface area contributed by atoms with Crippen LogP contribution in [-0.4, -0.2) is 61.7 Å². The summed E-state index contributed by atoms with van der Waals surface area (Å²) in [4.78, 5) is 28.2. The van der Waals surface area contributed by atoms with Gasteiger partial charge in [0.2, 0.25) is 0 Å². The maximum atomic E-state index is 12.9. The topological polar surface area (TPSA) is 88.4 Å². The smallest absolute Gasteiger partial charge is 0.283 e. The highest BCUT2D eigenvalue weighted by molar-refractivity contribution is 7.20. The molecular weight excluding hydrogens is 388 g/mol. The highest BCUT2D eigenvalue weighted by Gasteiger charge is 2.26. The van der Waals surface area contributed by atoms with E-state index in [1.54, 1.807) is 10.8 Å². The molecule has 1 saturated heterocycles. The fourth-order valence-electron chi connectivity index (χ4n) is 3.90. The van der Waals surface area contributed by atoms with E-state index in [1.165, 1.54) is 11.3 Å². The van der Waals surface area contributed by atoms with Crippen LogP contribution in [-0.2, 0) is 4.74 Å². The van der Waals surface area contributed by atoms with Gasteiger partial charge in [-0.1, -0.05) is 25.2 Å². The molecule has 0 spiro atoms. The molecule has 0 radical (unpaired) electrons. The first-order valence-corrected chi connectivity index (χ1v) is 10.5. The van der Waals surface area contributed by atoms with Gasteiger partial charge in [0.05, 0.1) is 18.9 Å². The minimum Gasteiger partial charge on any atom is -0.378 e. The van der Waals surface area contributed by atoms with Crippen molar-refractivity contribution < 1.29 is 9.53 Å². The molecule has 8 nitrogen and oxygen atoms in total. The SMILES string of the molecule is Cc1cc(-c2[nH]c3sc(C(=O)N4CCOCC4)nc3c2C(C)C)cn2ncnc12. The van der Waals surface area contributed by atoms with Crippen molar-refractivity contribution in [3.05, 3.63) is 34.7 Å². The van der Waals surface area contributed by atoms with Gasteiger partial charge < -0.3 is 14.6 Å². The summed E-state index contributed by atoms with van der Waals surface area (Å²) in [7, 11) is 0. The van der Waals surface area contributed by atoms with Crippen molar-refractivity contribution in [1.29, 1.82) is 0 Å². The summed E-state index contributed by atoms with van der Waals surface area (Å²) in [5.74, 6) is 0.234. The summed E-state index contributed by atoms with van der Waals surface area (Å²) in [6.45, 7) is 8.73. The Balaban J connectivity index is 1.60. The lowest BCUT2D eigenvalue weighted by Crippen LogP contribution is -2.40. The number of fused-ring (bicyclic) bond motifs is 2. The van der Waals surface area contributed by atoms with E-state index < -0.39 is 0 Å². The molecule has 9 heteroatoms. The third-order valence-corrected chi connectivity index (χ3v) is 6.26. The summed E-state index contributed by atoms with van der Waals surface area (Å²) >= 11 is 1.42. The number of H-pyrrole nitrogens is 1. The normalized spacial score (nSPS) is 15.1. The van der Waals surface area contributed by atoms with E-state index in [1.807, 2.05) is 18.0 Å². The average molecular weight is 411 g/mol. The van der Waals surface area contributed by atoms with E-state index in [-0.39, 0.29) is 11.8 Å². The minimum atomic E-state index is -0.0148. The summed E-state index contributed by atoms with van der Waals surface area (Å²) in [5, 5.41) is 4.82. The monoisotopic (exact) mass is 410 g/mol. The Morgan fingerprint density at radius 3 is 2.86 bits per heavy atom. The van der Waals surface area contributed by atoms with Crippen LogP contribution in [0.25, 0.3) is 27.3 Å². The molecule has 0 atom stereocenters. The number of rotatable bonds is 3. The van der Waals surface area contributed by atoms with Crippen LogP contribution in [0, 0.1) is 6.92 Å². The molecule has 0 bridgehead atoms. The number of amides is 1. The second kappa shape index (κ2) is 6.93. The zero-order valence-corrected chi connectivity index (χ0v) is 17.4. The molecule has 1 aliphatic rings. The molecule has 0 aliphatic carbocycles. The van der Waals surface area contributed by atoms with E-state index >= 15 is 0 Å². The Labute approximate surface area is 171 Å². The van der Waals surface area contributed by atoms with E-state index in [4.69, 9.17) is 9.72 Å². The number of nitrogens with zero attached hydrogens (tertiary/aromatic N) is 5. The quantitative estimate of drug-likeness (QED) is 0.560.